The van der Waals surface area contributed by atoms with Gasteiger partial charge in [0.25, 0.3) is 0 Å². The van der Waals surface area contributed by atoms with E-state index in [0.29, 0.717) is 10.9 Å². The highest BCUT2D eigenvalue weighted by molar-refractivity contribution is 7.99. The average Bonchev–Trinajstić information content (AvgIpc) is 2.93. The molecule has 0 aromatic carbocycles. The highest BCUT2D eigenvalue weighted by Crippen LogP contribution is 2.32. The molecular formula is C14H15N3O2S. The van der Waals surface area contributed by atoms with Crippen LogP contribution in [0.15, 0.2) is 36.8 Å². The van der Waals surface area contributed by atoms with Crippen LogP contribution in [0.5, 0.6) is 0 Å². The Morgan fingerprint density at radius 3 is 2.80 bits per heavy atom. The Kier molecular flexibility index (Phi) is 3.73. The first-order chi connectivity index (χ1) is 9.76. The van der Waals surface area contributed by atoms with Crippen molar-refractivity contribution in [2.45, 2.75) is 24.2 Å². The van der Waals surface area contributed by atoms with Gasteiger partial charge in [0.15, 0.2) is 5.69 Å². The average molecular weight is 289 g/mol. The number of thioether (sulfide) groups is 1. The van der Waals surface area contributed by atoms with E-state index in [1.807, 2.05) is 23.9 Å². The number of pyridine rings is 1. The van der Waals surface area contributed by atoms with Gasteiger partial charge >= 0.3 is 5.97 Å². The van der Waals surface area contributed by atoms with Crippen molar-refractivity contribution in [3.8, 4) is 5.69 Å². The van der Waals surface area contributed by atoms with Gasteiger partial charge in [-0.05, 0) is 37.3 Å². The zero-order chi connectivity index (χ0) is 13.9. The van der Waals surface area contributed by atoms with Crippen LogP contribution in [0.25, 0.3) is 5.69 Å². The summed E-state index contributed by atoms with van der Waals surface area (Å²) >= 11 is 1.82. The first kappa shape index (κ1) is 13.2. The van der Waals surface area contributed by atoms with Gasteiger partial charge in [-0.3, -0.25) is 4.98 Å². The minimum Gasteiger partial charge on any atom is -0.458 e. The van der Waals surface area contributed by atoms with E-state index in [1.165, 1.54) is 0 Å². The van der Waals surface area contributed by atoms with Crippen molar-refractivity contribution in [1.82, 2.24) is 14.8 Å². The van der Waals surface area contributed by atoms with Crippen LogP contribution >= 0.6 is 11.8 Å². The van der Waals surface area contributed by atoms with Crippen molar-refractivity contribution in [3.05, 3.63) is 42.5 Å². The van der Waals surface area contributed by atoms with E-state index in [2.05, 4.69) is 16.3 Å². The minimum absolute atomic E-state index is 0.0472. The Bertz CT molecular complexity index is 593. The van der Waals surface area contributed by atoms with E-state index in [4.69, 9.17) is 4.74 Å². The molecule has 3 rings (SSSR count). The third-order valence-corrected chi connectivity index (χ3v) is 4.44. The molecule has 0 aliphatic heterocycles. The molecule has 1 aliphatic carbocycles. The van der Waals surface area contributed by atoms with Crippen LogP contribution in [-0.2, 0) is 4.74 Å². The van der Waals surface area contributed by atoms with E-state index >= 15 is 0 Å². The van der Waals surface area contributed by atoms with Crippen molar-refractivity contribution < 1.29 is 9.53 Å². The number of rotatable bonds is 4. The molecule has 2 aromatic rings. The van der Waals surface area contributed by atoms with E-state index in [9.17, 15) is 4.79 Å². The van der Waals surface area contributed by atoms with Gasteiger partial charge in [0, 0.05) is 23.8 Å². The fourth-order valence-electron chi connectivity index (χ4n) is 2.09. The van der Waals surface area contributed by atoms with Crippen LogP contribution in [0.2, 0.25) is 0 Å². The second-order valence-electron chi connectivity index (χ2n) is 4.71. The molecule has 5 nitrogen and oxygen atoms in total. The second kappa shape index (κ2) is 5.66. The highest BCUT2D eigenvalue weighted by atomic mass is 32.2. The van der Waals surface area contributed by atoms with Crippen molar-refractivity contribution in [2.75, 3.05) is 6.26 Å². The maximum absolute atomic E-state index is 12.0. The lowest BCUT2D eigenvalue weighted by Gasteiger charge is -2.33. The zero-order valence-electron chi connectivity index (χ0n) is 11.1. The Labute approximate surface area is 121 Å². The molecule has 0 atom stereocenters. The zero-order valence-corrected chi connectivity index (χ0v) is 11.9. The number of esters is 1. The van der Waals surface area contributed by atoms with Crippen molar-refractivity contribution in [2.24, 2.45) is 0 Å². The number of aromatic nitrogens is 3. The monoisotopic (exact) mass is 289 g/mol. The van der Waals surface area contributed by atoms with Gasteiger partial charge in [0.1, 0.15) is 6.10 Å². The van der Waals surface area contributed by atoms with Crippen LogP contribution in [-0.4, -0.2) is 38.3 Å². The van der Waals surface area contributed by atoms with E-state index < -0.39 is 0 Å². The normalized spacial score (nSPS) is 21.2. The molecule has 1 fully saturated rings. The quantitative estimate of drug-likeness (QED) is 0.808. The molecule has 2 heterocycles. The van der Waals surface area contributed by atoms with Gasteiger partial charge in [-0.1, -0.05) is 0 Å². The van der Waals surface area contributed by atoms with Gasteiger partial charge in [0.2, 0.25) is 0 Å². The standard InChI is InChI=1S/C14H15N3O2S/c1-20-12-8-11(9-12)19-14(18)13-4-7-17(16-13)10-2-5-15-6-3-10/h2-7,11-12H,8-9H2,1H3. The van der Waals surface area contributed by atoms with Crippen LogP contribution in [0.1, 0.15) is 23.3 Å². The van der Waals surface area contributed by atoms with Gasteiger partial charge in [0.05, 0.1) is 5.69 Å². The molecule has 20 heavy (non-hydrogen) atoms. The van der Waals surface area contributed by atoms with E-state index in [0.717, 1.165) is 18.5 Å². The summed E-state index contributed by atoms with van der Waals surface area (Å²) in [7, 11) is 0. The first-order valence-corrected chi connectivity index (χ1v) is 7.75. The molecule has 2 aromatic heterocycles. The molecule has 104 valence electrons. The molecule has 0 saturated heterocycles. The van der Waals surface area contributed by atoms with E-state index in [-0.39, 0.29) is 12.1 Å². The van der Waals surface area contributed by atoms with Gasteiger partial charge in [-0.15, -0.1) is 0 Å². The van der Waals surface area contributed by atoms with Crippen LogP contribution in [0.3, 0.4) is 0 Å². The lowest BCUT2D eigenvalue weighted by molar-refractivity contribution is 0.0103. The SMILES string of the molecule is CSC1CC(OC(=O)c2ccn(-c3ccncc3)n2)C1. The second-order valence-corrected chi connectivity index (χ2v) is 5.85. The lowest BCUT2D eigenvalue weighted by atomic mass is 9.95. The summed E-state index contributed by atoms with van der Waals surface area (Å²) in [5, 5.41) is 4.87. The summed E-state index contributed by atoms with van der Waals surface area (Å²) in [6.45, 7) is 0. The molecule has 0 unspecified atom stereocenters. The maximum Gasteiger partial charge on any atom is 0.359 e. The fraction of sp³-hybridized carbons (Fsp3) is 0.357. The molecule has 0 radical (unpaired) electrons. The largest absolute Gasteiger partial charge is 0.458 e. The lowest BCUT2D eigenvalue weighted by Crippen LogP contribution is -2.35. The number of carbonyl (C=O) groups excluding carboxylic acids is 1. The summed E-state index contributed by atoms with van der Waals surface area (Å²) in [5.74, 6) is -0.345. The summed E-state index contributed by atoms with van der Waals surface area (Å²) in [6.07, 6.45) is 9.13. The maximum atomic E-state index is 12.0. The third kappa shape index (κ3) is 2.70. The molecule has 6 heteroatoms. The molecule has 1 saturated carbocycles. The summed E-state index contributed by atoms with van der Waals surface area (Å²) in [4.78, 5) is 15.9. The summed E-state index contributed by atoms with van der Waals surface area (Å²) < 4.78 is 7.06. The van der Waals surface area contributed by atoms with Crippen molar-refractivity contribution in [3.63, 3.8) is 0 Å². The number of nitrogens with zero attached hydrogens (tertiary/aromatic N) is 3. The molecule has 0 bridgehead atoms. The molecule has 1 aliphatic rings. The molecular weight excluding hydrogens is 274 g/mol. The Morgan fingerprint density at radius 2 is 2.10 bits per heavy atom. The molecule has 0 N–H and O–H groups in total. The topological polar surface area (TPSA) is 57.0 Å². The Balaban J connectivity index is 1.64. The minimum atomic E-state index is -0.345. The highest BCUT2D eigenvalue weighted by Gasteiger charge is 2.32. The van der Waals surface area contributed by atoms with Crippen LogP contribution in [0.4, 0.5) is 0 Å². The van der Waals surface area contributed by atoms with Gasteiger partial charge < -0.3 is 4.74 Å². The van der Waals surface area contributed by atoms with Gasteiger partial charge in [-0.25, -0.2) is 9.48 Å². The van der Waals surface area contributed by atoms with Gasteiger partial charge in [-0.2, -0.15) is 16.9 Å². The number of carbonyl (C=O) groups is 1. The predicted octanol–water partition coefficient (Wildman–Crippen LogP) is 2.32. The molecule has 0 spiro atoms. The molecule has 0 amide bonds. The number of hydrogen-bond donors (Lipinski definition) is 0. The Morgan fingerprint density at radius 1 is 1.35 bits per heavy atom. The number of ether oxygens (including phenoxy) is 1. The van der Waals surface area contributed by atoms with Crippen molar-refractivity contribution in [1.29, 1.82) is 0 Å². The fourth-order valence-corrected chi connectivity index (χ4v) is 2.91. The third-order valence-electron chi connectivity index (χ3n) is 3.38. The van der Waals surface area contributed by atoms with E-state index in [1.54, 1.807) is 29.3 Å². The summed E-state index contributed by atoms with van der Waals surface area (Å²) in [5.41, 5.74) is 1.21. The predicted molar refractivity (Wildman–Crippen MR) is 77.1 cm³/mol. The van der Waals surface area contributed by atoms with Crippen LogP contribution in [0, 0.1) is 0 Å². The smallest absolute Gasteiger partial charge is 0.359 e. The number of hydrogen-bond acceptors (Lipinski definition) is 5. The summed E-state index contributed by atoms with van der Waals surface area (Å²) in [6, 6.07) is 5.34. The first-order valence-electron chi connectivity index (χ1n) is 6.46. The van der Waals surface area contributed by atoms with Crippen molar-refractivity contribution >= 4 is 17.7 Å². The van der Waals surface area contributed by atoms with Crippen LogP contribution < -0.4 is 0 Å². The Hall–Kier alpha value is -1.82.